The predicted molar refractivity (Wildman–Crippen MR) is 72.3 cm³/mol. The van der Waals surface area contributed by atoms with Crippen LogP contribution in [0.25, 0.3) is 0 Å². The number of nitrogens with one attached hydrogen (secondary N) is 2. The molecular formula is C14H18N2O3. The fraction of sp³-hybridized carbons (Fsp3) is 0.429. The highest BCUT2D eigenvalue weighted by atomic mass is 16.4. The van der Waals surface area contributed by atoms with Crippen LogP contribution in [0, 0.1) is 6.92 Å². The molecule has 102 valence electrons. The lowest BCUT2D eigenvalue weighted by molar-refractivity contribution is -0.115. The van der Waals surface area contributed by atoms with Crippen LogP contribution in [0.15, 0.2) is 17.8 Å². The summed E-state index contributed by atoms with van der Waals surface area (Å²) in [5, 5.41) is 11.8. The van der Waals surface area contributed by atoms with E-state index >= 15 is 0 Å². The zero-order chi connectivity index (χ0) is 13.8. The minimum atomic E-state index is -1.04. The summed E-state index contributed by atoms with van der Waals surface area (Å²) in [7, 11) is 0. The molecule has 1 heterocycles. The van der Waals surface area contributed by atoms with E-state index in [1.807, 2.05) is 0 Å². The van der Waals surface area contributed by atoms with Crippen molar-refractivity contribution in [3.05, 3.63) is 29.1 Å². The molecule has 0 bridgehead atoms. The molecule has 2 rings (SSSR count). The third-order valence-corrected chi connectivity index (χ3v) is 3.34. The van der Waals surface area contributed by atoms with Gasteiger partial charge >= 0.3 is 5.97 Å². The van der Waals surface area contributed by atoms with Crippen LogP contribution in [0.3, 0.4) is 0 Å². The summed E-state index contributed by atoms with van der Waals surface area (Å²) >= 11 is 0. The number of amides is 1. The van der Waals surface area contributed by atoms with Gasteiger partial charge in [-0.25, -0.2) is 4.79 Å². The number of hydrogen-bond donors (Lipinski definition) is 3. The summed E-state index contributed by atoms with van der Waals surface area (Å²) < 4.78 is 0. The van der Waals surface area contributed by atoms with E-state index < -0.39 is 5.97 Å². The number of carboxylic acids is 1. The molecule has 0 aliphatic heterocycles. The Balaban J connectivity index is 2.03. The Kier molecular flexibility index (Phi) is 4.04. The van der Waals surface area contributed by atoms with Gasteiger partial charge in [-0.2, -0.15) is 0 Å². The minimum Gasteiger partial charge on any atom is -0.478 e. The van der Waals surface area contributed by atoms with Crippen molar-refractivity contribution in [3.8, 4) is 0 Å². The maximum Gasteiger partial charge on any atom is 0.339 e. The number of allylic oxidation sites excluding steroid dienone is 1. The van der Waals surface area contributed by atoms with Crippen LogP contribution < -0.4 is 5.32 Å². The Labute approximate surface area is 111 Å². The maximum absolute atomic E-state index is 11.9. The molecule has 5 heteroatoms. The van der Waals surface area contributed by atoms with Gasteiger partial charge in [0.05, 0.1) is 5.69 Å². The van der Waals surface area contributed by atoms with Crippen LogP contribution in [0.1, 0.15) is 48.2 Å². The highest BCUT2D eigenvalue weighted by molar-refractivity contribution is 6.01. The first-order valence-electron chi connectivity index (χ1n) is 6.47. The Hall–Kier alpha value is -2.04. The summed E-state index contributed by atoms with van der Waals surface area (Å²) in [5.41, 5.74) is 2.16. The lowest BCUT2D eigenvalue weighted by atomic mass is 9.97. The summed E-state index contributed by atoms with van der Waals surface area (Å²) in [6, 6.07) is 0. The second kappa shape index (κ2) is 5.73. The normalized spacial score (nSPS) is 14.9. The van der Waals surface area contributed by atoms with Crippen LogP contribution in [0.5, 0.6) is 0 Å². The first kappa shape index (κ1) is 13.4. The number of anilines is 1. The van der Waals surface area contributed by atoms with E-state index in [9.17, 15) is 9.59 Å². The molecule has 1 aliphatic rings. The largest absolute Gasteiger partial charge is 0.478 e. The molecule has 0 radical (unpaired) electrons. The van der Waals surface area contributed by atoms with Crippen molar-refractivity contribution >= 4 is 17.6 Å². The molecule has 0 saturated heterocycles. The summed E-state index contributed by atoms with van der Waals surface area (Å²) in [4.78, 5) is 25.8. The van der Waals surface area contributed by atoms with Crippen molar-refractivity contribution in [2.24, 2.45) is 0 Å². The van der Waals surface area contributed by atoms with Crippen LogP contribution in [0.2, 0.25) is 0 Å². The molecule has 0 atom stereocenters. The molecule has 1 aromatic heterocycles. The minimum absolute atomic E-state index is 0.131. The SMILES string of the molecule is Cc1[nH]cc(NC(=O)CC2=CCCCC2)c1C(=O)O. The van der Waals surface area contributed by atoms with E-state index in [-0.39, 0.29) is 11.5 Å². The molecule has 1 aliphatic carbocycles. The Morgan fingerprint density at radius 3 is 2.84 bits per heavy atom. The Morgan fingerprint density at radius 1 is 1.42 bits per heavy atom. The second-order valence-electron chi connectivity index (χ2n) is 4.84. The highest BCUT2D eigenvalue weighted by Crippen LogP contribution is 2.22. The lowest BCUT2D eigenvalue weighted by Crippen LogP contribution is -2.15. The molecular weight excluding hydrogens is 244 g/mol. The number of aromatic nitrogens is 1. The van der Waals surface area contributed by atoms with Gasteiger partial charge in [0.1, 0.15) is 5.56 Å². The molecule has 3 N–H and O–H groups in total. The Bertz CT molecular complexity index is 529. The summed E-state index contributed by atoms with van der Waals surface area (Å²) in [6.07, 6.45) is 8.30. The first-order valence-corrected chi connectivity index (χ1v) is 6.47. The lowest BCUT2D eigenvalue weighted by Gasteiger charge is -2.12. The van der Waals surface area contributed by atoms with E-state index in [1.54, 1.807) is 6.92 Å². The molecule has 0 unspecified atom stereocenters. The molecule has 0 saturated carbocycles. The third-order valence-electron chi connectivity index (χ3n) is 3.34. The van der Waals surface area contributed by atoms with Crippen molar-refractivity contribution in [1.29, 1.82) is 0 Å². The van der Waals surface area contributed by atoms with E-state index in [4.69, 9.17) is 5.11 Å². The number of hydrogen-bond acceptors (Lipinski definition) is 2. The van der Waals surface area contributed by atoms with E-state index in [0.29, 0.717) is 17.8 Å². The third kappa shape index (κ3) is 3.24. The van der Waals surface area contributed by atoms with Gasteiger partial charge in [-0.05, 0) is 32.6 Å². The van der Waals surface area contributed by atoms with Gasteiger partial charge in [0, 0.05) is 18.3 Å². The molecule has 0 fully saturated rings. The van der Waals surface area contributed by atoms with Crippen molar-refractivity contribution in [1.82, 2.24) is 4.98 Å². The number of aromatic amines is 1. The Morgan fingerprint density at radius 2 is 2.21 bits per heavy atom. The number of carbonyl (C=O) groups is 2. The number of aromatic carboxylic acids is 1. The number of aryl methyl sites for hydroxylation is 1. The zero-order valence-electron chi connectivity index (χ0n) is 11.0. The van der Waals surface area contributed by atoms with Gasteiger partial charge in [-0.1, -0.05) is 11.6 Å². The average molecular weight is 262 g/mol. The summed E-state index contributed by atoms with van der Waals surface area (Å²) in [6.45, 7) is 1.67. The van der Waals surface area contributed by atoms with Crippen LogP contribution in [0.4, 0.5) is 5.69 Å². The van der Waals surface area contributed by atoms with Crippen molar-refractivity contribution in [2.45, 2.75) is 39.0 Å². The topological polar surface area (TPSA) is 82.2 Å². The van der Waals surface area contributed by atoms with E-state index in [1.165, 1.54) is 12.6 Å². The van der Waals surface area contributed by atoms with Crippen molar-refractivity contribution in [3.63, 3.8) is 0 Å². The standard InChI is InChI=1S/C14H18N2O3/c1-9-13(14(18)19)11(8-15-9)16-12(17)7-10-5-3-2-4-6-10/h5,8,15H,2-4,6-7H2,1H3,(H,16,17)(H,18,19). The molecule has 0 aromatic carbocycles. The number of carboxylic acid groups (broad SMARTS) is 1. The smallest absolute Gasteiger partial charge is 0.339 e. The highest BCUT2D eigenvalue weighted by Gasteiger charge is 2.17. The quantitative estimate of drug-likeness (QED) is 0.730. The number of rotatable bonds is 4. The zero-order valence-corrected chi connectivity index (χ0v) is 11.0. The van der Waals surface area contributed by atoms with Gasteiger partial charge in [-0.15, -0.1) is 0 Å². The maximum atomic E-state index is 11.9. The second-order valence-corrected chi connectivity index (χ2v) is 4.84. The average Bonchev–Trinajstić information content (AvgIpc) is 2.71. The van der Waals surface area contributed by atoms with Crippen LogP contribution in [-0.4, -0.2) is 22.0 Å². The number of carbonyl (C=O) groups excluding carboxylic acids is 1. The number of H-pyrrole nitrogens is 1. The fourth-order valence-corrected chi connectivity index (χ4v) is 2.37. The molecule has 1 amide bonds. The van der Waals surface area contributed by atoms with Gasteiger partial charge in [0.25, 0.3) is 0 Å². The molecule has 0 spiro atoms. The molecule has 1 aromatic rings. The first-order chi connectivity index (χ1) is 9.08. The van der Waals surface area contributed by atoms with Gasteiger partial charge in [0.15, 0.2) is 0 Å². The van der Waals surface area contributed by atoms with Gasteiger partial charge in [0.2, 0.25) is 5.91 Å². The van der Waals surface area contributed by atoms with Crippen LogP contribution in [-0.2, 0) is 4.79 Å². The van der Waals surface area contributed by atoms with Gasteiger partial charge < -0.3 is 15.4 Å². The summed E-state index contributed by atoms with van der Waals surface area (Å²) in [5.74, 6) is -1.19. The monoisotopic (exact) mass is 262 g/mol. The van der Waals surface area contributed by atoms with E-state index in [2.05, 4.69) is 16.4 Å². The van der Waals surface area contributed by atoms with E-state index in [0.717, 1.165) is 24.8 Å². The van der Waals surface area contributed by atoms with Crippen molar-refractivity contribution in [2.75, 3.05) is 5.32 Å². The van der Waals surface area contributed by atoms with Crippen molar-refractivity contribution < 1.29 is 14.7 Å². The molecule has 5 nitrogen and oxygen atoms in total. The fourth-order valence-electron chi connectivity index (χ4n) is 2.37. The molecule has 19 heavy (non-hydrogen) atoms. The van der Waals surface area contributed by atoms with Crippen LogP contribution >= 0.6 is 0 Å². The van der Waals surface area contributed by atoms with Gasteiger partial charge in [-0.3, -0.25) is 4.79 Å². The predicted octanol–water partition coefficient (Wildman–Crippen LogP) is 2.85.